The van der Waals surface area contributed by atoms with Gasteiger partial charge in [-0.15, -0.1) is 0 Å². The number of benzene rings is 1. The van der Waals surface area contributed by atoms with E-state index < -0.39 is 5.97 Å². The lowest BCUT2D eigenvalue weighted by Gasteiger charge is -2.09. The van der Waals surface area contributed by atoms with Gasteiger partial charge in [-0.05, 0) is 30.7 Å². The largest absolute Gasteiger partial charge is 0.484 e. The second kappa shape index (κ2) is 8.53. The molecule has 0 saturated carbocycles. The van der Waals surface area contributed by atoms with Gasteiger partial charge in [-0.25, -0.2) is 4.79 Å². The number of carbonyl (C=O) groups excluding carboxylic acids is 2. The summed E-state index contributed by atoms with van der Waals surface area (Å²) in [5.41, 5.74) is 1.39. The Morgan fingerprint density at radius 2 is 1.87 bits per heavy atom. The average Bonchev–Trinajstić information content (AvgIpc) is 2.58. The van der Waals surface area contributed by atoms with Crippen molar-refractivity contribution in [3.8, 4) is 5.75 Å². The van der Waals surface area contributed by atoms with Gasteiger partial charge in [-0.1, -0.05) is 18.2 Å². The zero-order valence-electron chi connectivity index (χ0n) is 12.8. The van der Waals surface area contributed by atoms with E-state index in [1.165, 1.54) is 12.4 Å². The Balaban J connectivity index is 1.63. The number of hydrogen-bond acceptors (Lipinski definition) is 5. The summed E-state index contributed by atoms with van der Waals surface area (Å²) in [7, 11) is 0. The molecule has 1 N–H and O–H groups in total. The maximum absolute atomic E-state index is 11.7. The molecule has 0 atom stereocenters. The Kier molecular flexibility index (Phi) is 6.11. The molecule has 23 heavy (non-hydrogen) atoms. The standard InChI is InChI=1S/C17H18N2O4/c1-13-4-2-3-5-15(13)23-12-16(20)19-10-11-22-17(21)14-6-8-18-9-7-14/h2-9H,10-12H2,1H3,(H,19,20). The second-order valence-electron chi connectivity index (χ2n) is 4.78. The van der Waals surface area contributed by atoms with Gasteiger partial charge < -0.3 is 14.8 Å². The highest BCUT2D eigenvalue weighted by Crippen LogP contribution is 2.15. The van der Waals surface area contributed by atoms with Crippen molar-refractivity contribution >= 4 is 11.9 Å². The summed E-state index contributed by atoms with van der Waals surface area (Å²) in [6.45, 7) is 2.15. The second-order valence-corrected chi connectivity index (χ2v) is 4.78. The van der Waals surface area contributed by atoms with E-state index in [-0.39, 0.29) is 25.7 Å². The molecule has 0 unspecified atom stereocenters. The normalized spacial score (nSPS) is 9.96. The van der Waals surface area contributed by atoms with Gasteiger partial charge in [0.2, 0.25) is 0 Å². The molecule has 6 heteroatoms. The molecule has 0 bridgehead atoms. The third-order valence-corrected chi connectivity index (χ3v) is 3.03. The van der Waals surface area contributed by atoms with E-state index in [2.05, 4.69) is 10.3 Å². The molecule has 2 rings (SSSR count). The molecule has 0 spiro atoms. The number of nitrogens with one attached hydrogen (secondary N) is 1. The number of para-hydroxylation sites is 1. The van der Waals surface area contributed by atoms with Crippen LogP contribution in [-0.2, 0) is 9.53 Å². The van der Waals surface area contributed by atoms with Gasteiger partial charge in [0.25, 0.3) is 5.91 Å². The van der Waals surface area contributed by atoms with Crippen LogP contribution in [0.2, 0.25) is 0 Å². The summed E-state index contributed by atoms with van der Waals surface area (Å²) in [5, 5.41) is 2.63. The summed E-state index contributed by atoms with van der Waals surface area (Å²) in [4.78, 5) is 27.1. The molecule has 1 aromatic carbocycles. The maximum atomic E-state index is 11.7. The van der Waals surface area contributed by atoms with Crippen LogP contribution in [0.1, 0.15) is 15.9 Å². The van der Waals surface area contributed by atoms with Gasteiger partial charge in [-0.3, -0.25) is 9.78 Å². The van der Waals surface area contributed by atoms with Crippen LogP contribution in [0.4, 0.5) is 0 Å². The van der Waals surface area contributed by atoms with Gasteiger partial charge in [0, 0.05) is 12.4 Å². The first-order chi connectivity index (χ1) is 11.2. The molecule has 1 amide bonds. The fourth-order valence-corrected chi connectivity index (χ4v) is 1.82. The molecule has 6 nitrogen and oxygen atoms in total. The first-order valence-electron chi connectivity index (χ1n) is 7.19. The molecular formula is C17H18N2O4. The van der Waals surface area contributed by atoms with Gasteiger partial charge >= 0.3 is 5.97 Å². The van der Waals surface area contributed by atoms with E-state index in [0.29, 0.717) is 11.3 Å². The molecule has 0 saturated heterocycles. The molecule has 0 radical (unpaired) electrons. The molecular weight excluding hydrogens is 296 g/mol. The SMILES string of the molecule is Cc1ccccc1OCC(=O)NCCOC(=O)c1ccncc1. The Morgan fingerprint density at radius 3 is 2.61 bits per heavy atom. The van der Waals surface area contributed by atoms with Crippen LogP contribution in [0, 0.1) is 6.92 Å². The number of aromatic nitrogens is 1. The lowest BCUT2D eigenvalue weighted by atomic mass is 10.2. The Morgan fingerprint density at radius 1 is 1.13 bits per heavy atom. The van der Waals surface area contributed by atoms with Gasteiger partial charge in [0.05, 0.1) is 12.1 Å². The van der Waals surface area contributed by atoms with Crippen molar-refractivity contribution in [1.82, 2.24) is 10.3 Å². The quantitative estimate of drug-likeness (QED) is 0.622. The van der Waals surface area contributed by atoms with E-state index in [1.54, 1.807) is 18.2 Å². The van der Waals surface area contributed by atoms with Crippen LogP contribution in [0.3, 0.4) is 0 Å². The molecule has 1 aromatic heterocycles. The maximum Gasteiger partial charge on any atom is 0.338 e. The fourth-order valence-electron chi connectivity index (χ4n) is 1.82. The van der Waals surface area contributed by atoms with Crippen LogP contribution < -0.4 is 10.1 Å². The first-order valence-corrected chi connectivity index (χ1v) is 7.19. The molecule has 120 valence electrons. The van der Waals surface area contributed by atoms with Crippen molar-refractivity contribution in [2.45, 2.75) is 6.92 Å². The van der Waals surface area contributed by atoms with Crippen LogP contribution >= 0.6 is 0 Å². The number of nitrogens with zero attached hydrogens (tertiary/aromatic N) is 1. The number of hydrogen-bond donors (Lipinski definition) is 1. The monoisotopic (exact) mass is 314 g/mol. The van der Waals surface area contributed by atoms with Crippen LogP contribution in [0.15, 0.2) is 48.8 Å². The predicted molar refractivity (Wildman–Crippen MR) is 84.2 cm³/mol. The van der Waals surface area contributed by atoms with Crippen molar-refractivity contribution in [3.05, 3.63) is 59.9 Å². The van der Waals surface area contributed by atoms with Crippen molar-refractivity contribution in [2.24, 2.45) is 0 Å². The van der Waals surface area contributed by atoms with Crippen molar-refractivity contribution in [1.29, 1.82) is 0 Å². The van der Waals surface area contributed by atoms with E-state index in [4.69, 9.17) is 9.47 Å². The highest BCUT2D eigenvalue weighted by atomic mass is 16.5. The average molecular weight is 314 g/mol. The Labute approximate surface area is 134 Å². The van der Waals surface area contributed by atoms with E-state index >= 15 is 0 Å². The third kappa shape index (κ3) is 5.43. The predicted octanol–water partition coefficient (Wildman–Crippen LogP) is 1.74. The van der Waals surface area contributed by atoms with Crippen LogP contribution in [0.25, 0.3) is 0 Å². The number of aryl methyl sites for hydroxylation is 1. The first kappa shape index (κ1) is 16.5. The number of pyridine rings is 1. The van der Waals surface area contributed by atoms with E-state index in [9.17, 15) is 9.59 Å². The van der Waals surface area contributed by atoms with E-state index in [1.807, 2.05) is 25.1 Å². The smallest absolute Gasteiger partial charge is 0.338 e. The summed E-state index contributed by atoms with van der Waals surface area (Å²) in [6, 6.07) is 10.6. The van der Waals surface area contributed by atoms with Crippen LogP contribution in [-0.4, -0.2) is 36.6 Å². The molecule has 0 aliphatic carbocycles. The number of amides is 1. The van der Waals surface area contributed by atoms with Gasteiger partial charge in [0.1, 0.15) is 12.4 Å². The highest BCUT2D eigenvalue weighted by molar-refractivity contribution is 5.89. The third-order valence-electron chi connectivity index (χ3n) is 3.03. The minimum atomic E-state index is -0.446. The highest BCUT2D eigenvalue weighted by Gasteiger charge is 2.07. The van der Waals surface area contributed by atoms with Crippen molar-refractivity contribution in [3.63, 3.8) is 0 Å². The topological polar surface area (TPSA) is 77.5 Å². The minimum absolute atomic E-state index is 0.0802. The lowest BCUT2D eigenvalue weighted by Crippen LogP contribution is -2.32. The fraction of sp³-hybridized carbons (Fsp3) is 0.235. The number of ether oxygens (including phenoxy) is 2. The minimum Gasteiger partial charge on any atom is -0.484 e. The zero-order chi connectivity index (χ0) is 16.5. The lowest BCUT2D eigenvalue weighted by molar-refractivity contribution is -0.123. The summed E-state index contributed by atoms with van der Waals surface area (Å²) in [6.07, 6.45) is 3.03. The van der Waals surface area contributed by atoms with Crippen molar-refractivity contribution < 1.29 is 19.1 Å². The number of carbonyl (C=O) groups is 2. The van der Waals surface area contributed by atoms with Gasteiger partial charge in [-0.2, -0.15) is 0 Å². The molecule has 1 heterocycles. The van der Waals surface area contributed by atoms with Crippen molar-refractivity contribution in [2.75, 3.05) is 19.8 Å². The Bertz CT molecular complexity index is 659. The van der Waals surface area contributed by atoms with Gasteiger partial charge in [0.15, 0.2) is 6.61 Å². The molecule has 0 aliphatic heterocycles. The summed E-state index contributed by atoms with van der Waals surface area (Å²) in [5.74, 6) is -0.0437. The molecule has 0 fully saturated rings. The summed E-state index contributed by atoms with van der Waals surface area (Å²) >= 11 is 0. The van der Waals surface area contributed by atoms with Crippen LogP contribution in [0.5, 0.6) is 5.75 Å². The zero-order valence-corrected chi connectivity index (χ0v) is 12.8. The summed E-state index contributed by atoms with van der Waals surface area (Å²) < 4.78 is 10.5. The van der Waals surface area contributed by atoms with E-state index in [0.717, 1.165) is 5.56 Å². The number of esters is 1. The Hall–Kier alpha value is -2.89. The molecule has 0 aliphatic rings. The number of rotatable bonds is 7. The molecule has 2 aromatic rings.